The van der Waals surface area contributed by atoms with Crippen molar-refractivity contribution in [1.29, 1.82) is 0 Å². The molecule has 0 radical (unpaired) electrons. The fourth-order valence-corrected chi connectivity index (χ4v) is 4.02. The van der Waals surface area contributed by atoms with E-state index in [1.54, 1.807) is 0 Å². The molecule has 0 aliphatic rings. The molecule has 2 aromatic heterocycles. The number of aromatic nitrogens is 3. The summed E-state index contributed by atoms with van der Waals surface area (Å²) in [7, 11) is 0. The molecule has 0 aliphatic carbocycles. The molecule has 0 atom stereocenters. The number of benzene rings is 3. The number of aryl methyl sites for hydroxylation is 1. The zero-order valence-corrected chi connectivity index (χ0v) is 18.6. The lowest BCUT2D eigenvalue weighted by Gasteiger charge is -2.09. The van der Waals surface area contributed by atoms with E-state index in [2.05, 4.69) is 28.9 Å². The van der Waals surface area contributed by atoms with E-state index >= 15 is 0 Å². The predicted molar refractivity (Wildman–Crippen MR) is 133 cm³/mol. The molecule has 6 heteroatoms. The van der Waals surface area contributed by atoms with Crippen LogP contribution in [0.2, 0.25) is 0 Å². The van der Waals surface area contributed by atoms with Crippen molar-refractivity contribution < 1.29 is 9.53 Å². The van der Waals surface area contributed by atoms with Crippen LogP contribution in [0.15, 0.2) is 72.8 Å². The van der Waals surface area contributed by atoms with Crippen LogP contribution in [0.4, 0.5) is 5.69 Å². The van der Waals surface area contributed by atoms with Gasteiger partial charge >= 0.3 is 0 Å². The fraction of sp³-hybridized carbons (Fsp3) is 0.222. The van der Waals surface area contributed by atoms with Gasteiger partial charge in [-0.3, -0.25) is 4.79 Å². The van der Waals surface area contributed by atoms with Gasteiger partial charge < -0.3 is 14.6 Å². The van der Waals surface area contributed by atoms with Crippen LogP contribution in [-0.2, 0) is 11.3 Å². The van der Waals surface area contributed by atoms with Crippen LogP contribution in [0.3, 0.4) is 0 Å². The maximum atomic E-state index is 12.7. The largest absolute Gasteiger partial charge is 0.494 e. The molecule has 1 N–H and O–H groups in total. The van der Waals surface area contributed by atoms with Gasteiger partial charge in [-0.15, -0.1) is 0 Å². The minimum Gasteiger partial charge on any atom is -0.494 e. The number of carbonyl (C=O) groups excluding carboxylic acids is 1. The van der Waals surface area contributed by atoms with Gasteiger partial charge in [-0.1, -0.05) is 43.7 Å². The quantitative estimate of drug-likeness (QED) is 0.304. The number of para-hydroxylation sites is 3. The van der Waals surface area contributed by atoms with E-state index < -0.39 is 0 Å². The number of carbonyl (C=O) groups is 1. The fourth-order valence-electron chi connectivity index (χ4n) is 4.02. The lowest BCUT2D eigenvalue weighted by Crippen LogP contribution is -2.14. The molecule has 33 heavy (non-hydrogen) atoms. The number of anilines is 1. The van der Waals surface area contributed by atoms with Crippen LogP contribution < -0.4 is 10.1 Å². The number of hydrogen-bond acceptors (Lipinski definition) is 4. The highest BCUT2D eigenvalue weighted by atomic mass is 16.5. The number of nitrogens with zero attached hydrogens (tertiary/aromatic N) is 3. The van der Waals surface area contributed by atoms with E-state index in [0.717, 1.165) is 57.4 Å². The van der Waals surface area contributed by atoms with Crippen molar-refractivity contribution in [2.24, 2.45) is 0 Å². The highest BCUT2D eigenvalue weighted by molar-refractivity contribution is 6.06. The summed E-state index contributed by atoms with van der Waals surface area (Å²) in [6.45, 7) is 3.36. The van der Waals surface area contributed by atoms with E-state index in [0.29, 0.717) is 19.6 Å². The number of ether oxygens (including phenoxy) is 1. The molecular formula is C27H26N4O2. The summed E-state index contributed by atoms with van der Waals surface area (Å²) in [5.74, 6) is 0.770. The van der Waals surface area contributed by atoms with Gasteiger partial charge in [0, 0.05) is 24.0 Å². The van der Waals surface area contributed by atoms with Crippen molar-refractivity contribution in [1.82, 2.24) is 14.5 Å². The van der Waals surface area contributed by atoms with Crippen molar-refractivity contribution in [2.45, 2.75) is 32.7 Å². The highest BCUT2D eigenvalue weighted by Gasteiger charge is 2.15. The molecule has 1 amide bonds. The number of hydrogen-bond donors (Lipinski definition) is 1. The Labute approximate surface area is 192 Å². The Morgan fingerprint density at radius 3 is 2.45 bits per heavy atom. The standard InChI is InChI=1S/C27H26N4O2/c1-2-3-18-33-20-14-12-19(13-15-20)28-25(32)16-17-31-24-11-7-4-8-21(24)26-27(31)30-23-10-6-5-9-22(23)29-26/h4-15H,2-3,16-18H2,1H3,(H,28,32). The first-order chi connectivity index (χ1) is 16.2. The highest BCUT2D eigenvalue weighted by Crippen LogP contribution is 2.28. The van der Waals surface area contributed by atoms with Crippen molar-refractivity contribution >= 4 is 44.7 Å². The van der Waals surface area contributed by atoms with E-state index in [1.807, 2.05) is 60.7 Å². The second kappa shape index (κ2) is 9.28. The van der Waals surface area contributed by atoms with Crippen LogP contribution in [0.25, 0.3) is 33.1 Å². The van der Waals surface area contributed by atoms with Gasteiger partial charge in [-0.05, 0) is 48.9 Å². The Balaban J connectivity index is 1.34. The Bertz CT molecular complexity index is 1420. The number of amides is 1. The molecule has 0 unspecified atom stereocenters. The van der Waals surface area contributed by atoms with Gasteiger partial charge in [0.25, 0.3) is 0 Å². The van der Waals surface area contributed by atoms with Crippen molar-refractivity contribution in [3.8, 4) is 5.75 Å². The van der Waals surface area contributed by atoms with E-state index in [4.69, 9.17) is 14.7 Å². The summed E-state index contributed by atoms with van der Waals surface area (Å²) in [6, 6.07) is 23.5. The molecule has 0 aliphatic heterocycles. The van der Waals surface area contributed by atoms with Crippen LogP contribution in [0, 0.1) is 0 Å². The first-order valence-corrected chi connectivity index (χ1v) is 11.4. The Morgan fingerprint density at radius 2 is 1.67 bits per heavy atom. The second-order valence-corrected chi connectivity index (χ2v) is 8.08. The van der Waals surface area contributed by atoms with Gasteiger partial charge in [0.15, 0.2) is 5.65 Å². The summed E-state index contributed by atoms with van der Waals surface area (Å²) in [4.78, 5) is 22.4. The third kappa shape index (κ3) is 4.37. The summed E-state index contributed by atoms with van der Waals surface area (Å²) in [5.41, 5.74) is 5.17. The van der Waals surface area contributed by atoms with E-state index in [9.17, 15) is 4.79 Å². The van der Waals surface area contributed by atoms with Gasteiger partial charge in [-0.25, -0.2) is 9.97 Å². The molecule has 6 nitrogen and oxygen atoms in total. The van der Waals surface area contributed by atoms with E-state index in [1.165, 1.54) is 0 Å². The summed E-state index contributed by atoms with van der Waals surface area (Å²) in [5, 5.41) is 4.03. The molecule has 3 aromatic carbocycles. The molecule has 166 valence electrons. The van der Waals surface area contributed by atoms with Gasteiger partial charge in [-0.2, -0.15) is 0 Å². The maximum Gasteiger partial charge on any atom is 0.226 e. The first kappa shape index (κ1) is 20.9. The second-order valence-electron chi connectivity index (χ2n) is 8.08. The van der Waals surface area contributed by atoms with Crippen LogP contribution in [-0.4, -0.2) is 27.0 Å². The zero-order valence-electron chi connectivity index (χ0n) is 18.6. The summed E-state index contributed by atoms with van der Waals surface area (Å²) in [6.07, 6.45) is 2.46. The van der Waals surface area contributed by atoms with Crippen LogP contribution in [0.5, 0.6) is 5.75 Å². The Kier molecular flexibility index (Phi) is 5.89. The monoisotopic (exact) mass is 438 g/mol. The number of rotatable bonds is 8. The average Bonchev–Trinajstić information content (AvgIpc) is 3.15. The maximum absolute atomic E-state index is 12.7. The third-order valence-corrected chi connectivity index (χ3v) is 5.72. The SMILES string of the molecule is CCCCOc1ccc(NC(=O)CCn2c3ccccc3c3nc4ccccc4nc32)cc1. The first-order valence-electron chi connectivity index (χ1n) is 11.4. The van der Waals surface area contributed by atoms with Crippen LogP contribution in [0.1, 0.15) is 26.2 Å². The molecular weight excluding hydrogens is 412 g/mol. The molecule has 0 spiro atoms. The average molecular weight is 439 g/mol. The minimum atomic E-state index is -0.0469. The number of nitrogens with one attached hydrogen (secondary N) is 1. The molecule has 0 saturated carbocycles. The molecule has 0 fully saturated rings. The van der Waals surface area contributed by atoms with Crippen molar-refractivity contribution in [3.05, 3.63) is 72.8 Å². The lowest BCUT2D eigenvalue weighted by atomic mass is 10.2. The summed E-state index contributed by atoms with van der Waals surface area (Å²) < 4.78 is 7.78. The lowest BCUT2D eigenvalue weighted by molar-refractivity contribution is -0.116. The summed E-state index contributed by atoms with van der Waals surface area (Å²) >= 11 is 0. The topological polar surface area (TPSA) is 69.0 Å². The van der Waals surface area contributed by atoms with Gasteiger partial charge in [0.1, 0.15) is 11.3 Å². The number of unbranched alkanes of at least 4 members (excludes halogenated alkanes) is 1. The zero-order chi connectivity index (χ0) is 22.6. The van der Waals surface area contributed by atoms with Gasteiger partial charge in [0.05, 0.1) is 23.2 Å². The number of fused-ring (bicyclic) bond motifs is 4. The predicted octanol–water partition coefficient (Wildman–Crippen LogP) is 5.95. The molecule has 2 heterocycles. The van der Waals surface area contributed by atoms with Crippen molar-refractivity contribution in [3.63, 3.8) is 0 Å². The van der Waals surface area contributed by atoms with E-state index in [-0.39, 0.29) is 5.91 Å². The molecule has 5 rings (SSSR count). The van der Waals surface area contributed by atoms with Gasteiger partial charge in [0.2, 0.25) is 5.91 Å². The van der Waals surface area contributed by atoms with Crippen LogP contribution >= 0.6 is 0 Å². The van der Waals surface area contributed by atoms with Crippen molar-refractivity contribution in [2.75, 3.05) is 11.9 Å². The normalized spacial score (nSPS) is 11.3. The Morgan fingerprint density at radius 1 is 0.939 bits per heavy atom. The smallest absolute Gasteiger partial charge is 0.226 e. The minimum absolute atomic E-state index is 0.0469. The molecule has 5 aromatic rings. The Hall–Kier alpha value is -3.93. The third-order valence-electron chi connectivity index (χ3n) is 5.72. The molecule has 0 bridgehead atoms. The molecule has 0 saturated heterocycles.